The lowest BCUT2D eigenvalue weighted by Gasteiger charge is -2.20. The van der Waals surface area contributed by atoms with Crippen LogP contribution in [0.5, 0.6) is 0 Å². The largest absolute Gasteiger partial charge is 0.316 e. The van der Waals surface area contributed by atoms with Gasteiger partial charge in [-0.15, -0.1) is 0 Å². The summed E-state index contributed by atoms with van der Waals surface area (Å²) in [5, 5.41) is 3.16. The van der Waals surface area contributed by atoms with Crippen molar-refractivity contribution >= 4 is 5.78 Å². The van der Waals surface area contributed by atoms with E-state index in [-0.39, 0.29) is 5.78 Å². The van der Waals surface area contributed by atoms with Gasteiger partial charge in [0.25, 0.3) is 0 Å². The van der Waals surface area contributed by atoms with E-state index in [2.05, 4.69) is 19.2 Å². The van der Waals surface area contributed by atoms with E-state index in [0.29, 0.717) is 18.4 Å². The van der Waals surface area contributed by atoms with Crippen LogP contribution >= 0.6 is 0 Å². The first kappa shape index (κ1) is 10.6. The van der Waals surface area contributed by atoms with E-state index < -0.39 is 0 Å². The molecule has 0 spiro atoms. The molecule has 11 heavy (non-hydrogen) atoms. The number of rotatable bonds is 5. The van der Waals surface area contributed by atoms with Crippen molar-refractivity contribution in [3.8, 4) is 0 Å². The molecule has 0 amide bonds. The second kappa shape index (κ2) is 5.30. The molecule has 0 radical (unpaired) electrons. The third kappa shape index (κ3) is 4.14. The molecule has 1 unspecified atom stereocenters. The minimum absolute atomic E-state index is 0.268. The van der Waals surface area contributed by atoms with Gasteiger partial charge in [0, 0.05) is 12.5 Å². The molecule has 0 aromatic heterocycles. The van der Waals surface area contributed by atoms with E-state index in [1.54, 1.807) is 6.92 Å². The normalized spacial score (nSPS) is 16.0. The predicted molar refractivity (Wildman–Crippen MR) is 47.6 cm³/mol. The molecule has 0 aliphatic carbocycles. The zero-order chi connectivity index (χ0) is 8.85. The number of Topliss-reactive ketones (excluding diaryl/α,β-unsaturated/α-hetero) is 1. The van der Waals surface area contributed by atoms with Crippen molar-refractivity contribution in [1.82, 2.24) is 5.32 Å². The monoisotopic (exact) mass is 157 g/mol. The van der Waals surface area contributed by atoms with Crippen LogP contribution in [0.4, 0.5) is 0 Å². The second-order valence-corrected chi connectivity index (χ2v) is 3.19. The lowest BCUT2D eigenvalue weighted by Crippen LogP contribution is -2.33. The molecule has 0 fully saturated rings. The maximum absolute atomic E-state index is 10.8. The highest BCUT2D eigenvalue weighted by molar-refractivity contribution is 5.76. The topological polar surface area (TPSA) is 29.1 Å². The van der Waals surface area contributed by atoms with Crippen molar-refractivity contribution in [1.29, 1.82) is 0 Å². The number of nitrogens with one attached hydrogen (secondary N) is 1. The van der Waals surface area contributed by atoms with Crippen LogP contribution < -0.4 is 5.32 Å². The zero-order valence-electron chi connectivity index (χ0n) is 7.98. The third-order valence-electron chi connectivity index (χ3n) is 2.21. The molecule has 0 rings (SSSR count). The molecule has 2 nitrogen and oxygen atoms in total. The molecule has 0 aliphatic rings. The fourth-order valence-corrected chi connectivity index (χ4v) is 1.18. The van der Waals surface area contributed by atoms with Gasteiger partial charge in [-0.05, 0) is 19.9 Å². The number of carbonyl (C=O) groups excluding carboxylic acids is 1. The molecule has 0 saturated heterocycles. The summed E-state index contributed by atoms with van der Waals surface area (Å²) >= 11 is 0. The first-order valence-corrected chi connectivity index (χ1v) is 4.28. The Morgan fingerprint density at radius 1 is 1.55 bits per heavy atom. The van der Waals surface area contributed by atoms with Crippen molar-refractivity contribution in [2.75, 3.05) is 7.05 Å². The molecule has 1 N–H and O–H groups in total. The molecule has 66 valence electrons. The smallest absolute Gasteiger partial charge is 0.131 e. The van der Waals surface area contributed by atoms with Gasteiger partial charge in [-0.3, -0.25) is 4.79 Å². The van der Waals surface area contributed by atoms with E-state index in [1.165, 1.54) is 0 Å². The van der Waals surface area contributed by atoms with Gasteiger partial charge in [-0.2, -0.15) is 0 Å². The van der Waals surface area contributed by atoms with Crippen molar-refractivity contribution in [2.45, 2.75) is 39.7 Å². The summed E-state index contributed by atoms with van der Waals surface area (Å²) in [7, 11) is 1.92. The van der Waals surface area contributed by atoms with Crippen molar-refractivity contribution in [3.63, 3.8) is 0 Å². The Balaban J connectivity index is 3.84. The summed E-state index contributed by atoms with van der Waals surface area (Å²) in [6, 6.07) is 0.359. The van der Waals surface area contributed by atoms with Crippen LogP contribution in [0, 0.1) is 5.92 Å². The first-order valence-electron chi connectivity index (χ1n) is 4.28. The predicted octanol–water partition coefficient (Wildman–Crippen LogP) is 1.60. The Morgan fingerprint density at radius 2 is 2.09 bits per heavy atom. The Morgan fingerprint density at radius 3 is 2.36 bits per heavy atom. The first-order chi connectivity index (χ1) is 5.11. The summed E-state index contributed by atoms with van der Waals surface area (Å²) < 4.78 is 0. The summed E-state index contributed by atoms with van der Waals surface area (Å²) in [6.07, 6.45) is 1.78. The molecule has 2 heteroatoms. The van der Waals surface area contributed by atoms with Crippen LogP contribution in [0.15, 0.2) is 0 Å². The van der Waals surface area contributed by atoms with E-state index in [9.17, 15) is 4.79 Å². The molecule has 0 saturated carbocycles. The van der Waals surface area contributed by atoms with Gasteiger partial charge in [0.15, 0.2) is 0 Å². The van der Waals surface area contributed by atoms with Gasteiger partial charge in [-0.1, -0.05) is 20.3 Å². The standard InChI is InChI=1S/C9H19NO/c1-5-7(2)9(10-4)6-8(3)11/h7,9-10H,5-6H2,1-4H3/t7?,9-/m1/s1. The fourth-order valence-electron chi connectivity index (χ4n) is 1.18. The Labute approximate surface area is 69.4 Å². The summed E-state index contributed by atoms with van der Waals surface area (Å²) in [6.45, 7) is 5.96. The fraction of sp³-hybridized carbons (Fsp3) is 0.889. The van der Waals surface area contributed by atoms with Crippen LogP contribution in [0.3, 0.4) is 0 Å². The maximum Gasteiger partial charge on any atom is 0.131 e. The van der Waals surface area contributed by atoms with Crippen LogP contribution in [0.2, 0.25) is 0 Å². The highest BCUT2D eigenvalue weighted by atomic mass is 16.1. The SMILES string of the molecule is CCC(C)[C@@H](CC(C)=O)NC. The van der Waals surface area contributed by atoms with Crippen LogP contribution in [-0.4, -0.2) is 18.9 Å². The number of carbonyl (C=O) groups is 1. The maximum atomic E-state index is 10.8. The van der Waals surface area contributed by atoms with Crippen LogP contribution in [0.25, 0.3) is 0 Å². The summed E-state index contributed by atoms with van der Waals surface area (Å²) in [4.78, 5) is 10.8. The van der Waals surface area contributed by atoms with Gasteiger partial charge in [-0.25, -0.2) is 0 Å². The van der Waals surface area contributed by atoms with E-state index >= 15 is 0 Å². The third-order valence-corrected chi connectivity index (χ3v) is 2.21. The minimum atomic E-state index is 0.268. The Hall–Kier alpha value is -0.370. The van der Waals surface area contributed by atoms with E-state index in [0.717, 1.165) is 6.42 Å². The molecule has 0 aliphatic heterocycles. The van der Waals surface area contributed by atoms with E-state index in [4.69, 9.17) is 0 Å². The van der Waals surface area contributed by atoms with Crippen molar-refractivity contribution < 1.29 is 4.79 Å². The Kier molecular flexibility index (Phi) is 5.12. The average molecular weight is 157 g/mol. The Bertz CT molecular complexity index is 123. The van der Waals surface area contributed by atoms with Crippen molar-refractivity contribution in [3.05, 3.63) is 0 Å². The number of hydrogen-bond donors (Lipinski definition) is 1. The molecular weight excluding hydrogens is 138 g/mol. The summed E-state index contributed by atoms with van der Waals surface area (Å²) in [5.41, 5.74) is 0. The number of hydrogen-bond acceptors (Lipinski definition) is 2. The van der Waals surface area contributed by atoms with E-state index in [1.807, 2.05) is 7.05 Å². The highest BCUT2D eigenvalue weighted by Crippen LogP contribution is 2.10. The zero-order valence-corrected chi connectivity index (χ0v) is 7.98. The van der Waals surface area contributed by atoms with Gasteiger partial charge in [0.05, 0.1) is 0 Å². The molecule has 2 atom stereocenters. The highest BCUT2D eigenvalue weighted by Gasteiger charge is 2.14. The lowest BCUT2D eigenvalue weighted by atomic mass is 9.95. The molecule has 0 aromatic carbocycles. The van der Waals surface area contributed by atoms with Crippen LogP contribution in [-0.2, 0) is 4.79 Å². The van der Waals surface area contributed by atoms with Crippen molar-refractivity contribution in [2.24, 2.45) is 5.92 Å². The van der Waals surface area contributed by atoms with Gasteiger partial charge >= 0.3 is 0 Å². The lowest BCUT2D eigenvalue weighted by molar-refractivity contribution is -0.117. The van der Waals surface area contributed by atoms with Gasteiger partial charge < -0.3 is 5.32 Å². The quantitative estimate of drug-likeness (QED) is 0.656. The summed E-state index contributed by atoms with van der Waals surface area (Å²) in [5.74, 6) is 0.855. The van der Waals surface area contributed by atoms with Gasteiger partial charge in [0.2, 0.25) is 0 Å². The molecule has 0 aromatic rings. The second-order valence-electron chi connectivity index (χ2n) is 3.19. The van der Waals surface area contributed by atoms with Gasteiger partial charge in [0.1, 0.15) is 5.78 Å². The molecule has 0 heterocycles. The minimum Gasteiger partial charge on any atom is -0.316 e. The molecule has 0 bridgehead atoms. The molecular formula is C9H19NO. The average Bonchev–Trinajstić information content (AvgIpc) is 1.98. The number of ketones is 1. The van der Waals surface area contributed by atoms with Crippen LogP contribution in [0.1, 0.15) is 33.6 Å².